The number of carbonyl (C=O) groups is 1. The Morgan fingerprint density at radius 3 is 2.66 bits per heavy atom. The summed E-state index contributed by atoms with van der Waals surface area (Å²) >= 11 is 0. The van der Waals surface area contributed by atoms with E-state index in [0.717, 1.165) is 5.56 Å². The second kappa shape index (κ2) is 12.1. The average molecular weight is 483 g/mol. The molecule has 1 aromatic carbocycles. The number of aliphatic hydroxyl groups excluding tert-OH is 1. The lowest BCUT2D eigenvalue weighted by molar-refractivity contribution is 0.0325. The number of amides is 1. The molecule has 1 amide bonds. The second-order valence-electron chi connectivity index (χ2n) is 9.56. The topological polar surface area (TPSA) is 69.1 Å². The minimum Gasteiger partial charge on any atom is -0.472 e. The minimum absolute atomic E-state index is 0.0156. The summed E-state index contributed by atoms with van der Waals surface area (Å²) in [6.07, 6.45) is 1.37. The van der Waals surface area contributed by atoms with E-state index in [0.29, 0.717) is 37.3 Å². The van der Waals surface area contributed by atoms with Crippen LogP contribution in [0.5, 0.6) is 5.88 Å². The van der Waals surface area contributed by atoms with Crippen LogP contribution in [0.2, 0.25) is 0 Å². The minimum atomic E-state index is -0.350. The summed E-state index contributed by atoms with van der Waals surface area (Å²) in [5, 5.41) is 9.82. The maximum atomic E-state index is 13.5. The van der Waals surface area contributed by atoms with Gasteiger partial charge >= 0.3 is 0 Å². The van der Waals surface area contributed by atoms with Crippen molar-refractivity contribution < 1.29 is 19.0 Å². The fraction of sp³-hybridized carbons (Fsp3) is 0.481. The van der Waals surface area contributed by atoms with Crippen molar-refractivity contribution in [1.29, 1.82) is 0 Å². The summed E-state index contributed by atoms with van der Waals surface area (Å²) in [5.74, 6) is 5.90. The van der Waals surface area contributed by atoms with Gasteiger partial charge in [-0.05, 0) is 51.8 Å². The maximum absolute atomic E-state index is 13.5. The van der Waals surface area contributed by atoms with Gasteiger partial charge in [-0.1, -0.05) is 30.9 Å². The number of fused-ring (bicyclic) bond motifs is 1. The summed E-state index contributed by atoms with van der Waals surface area (Å²) in [6.45, 7) is 5.96. The Balaban J connectivity index is 1.88. The molecule has 0 saturated heterocycles. The second-order valence-corrected chi connectivity index (χ2v) is 9.56. The van der Waals surface area contributed by atoms with Gasteiger partial charge in [0.15, 0.2) is 0 Å². The average Bonchev–Trinajstić information content (AvgIpc) is 2.82. The van der Waals surface area contributed by atoms with Crippen LogP contribution in [0.3, 0.4) is 0 Å². The predicted molar refractivity (Wildman–Crippen MR) is 134 cm³/mol. The van der Waals surface area contributed by atoms with Gasteiger partial charge in [-0.25, -0.2) is 9.37 Å². The Bertz CT molecular complexity index is 1060. The Labute approximate surface area is 207 Å². The lowest BCUT2D eigenvalue weighted by atomic mass is 9.99. The molecule has 0 saturated carbocycles. The van der Waals surface area contributed by atoms with Crippen LogP contribution in [0.15, 0.2) is 36.5 Å². The van der Waals surface area contributed by atoms with Gasteiger partial charge in [-0.2, -0.15) is 0 Å². The highest BCUT2D eigenvalue weighted by Gasteiger charge is 2.34. The van der Waals surface area contributed by atoms with Crippen molar-refractivity contribution >= 4 is 5.91 Å². The van der Waals surface area contributed by atoms with Crippen LogP contribution in [0.1, 0.15) is 35.3 Å². The van der Waals surface area contributed by atoms with Crippen LogP contribution >= 0.6 is 0 Å². The van der Waals surface area contributed by atoms with E-state index in [1.54, 1.807) is 29.3 Å². The molecule has 188 valence electrons. The fourth-order valence-corrected chi connectivity index (χ4v) is 3.96. The molecule has 7 nitrogen and oxygen atoms in total. The number of likely N-dealkylation sites (N-methyl/N-ethyl adjacent to an activating group) is 1. The van der Waals surface area contributed by atoms with E-state index in [-0.39, 0.29) is 42.3 Å². The summed E-state index contributed by atoms with van der Waals surface area (Å²) in [4.78, 5) is 23.7. The molecule has 0 bridgehead atoms. The van der Waals surface area contributed by atoms with E-state index < -0.39 is 0 Å². The first-order valence-electron chi connectivity index (χ1n) is 11.8. The molecule has 1 aliphatic heterocycles. The number of benzene rings is 1. The first kappa shape index (κ1) is 26.6. The maximum Gasteiger partial charge on any atom is 0.259 e. The number of ether oxygens (including phenoxy) is 1. The Morgan fingerprint density at radius 2 is 2.00 bits per heavy atom. The number of hydrogen-bond acceptors (Lipinski definition) is 6. The molecular formula is C27H35FN4O3. The molecule has 0 unspecified atom stereocenters. The number of pyridine rings is 1. The van der Waals surface area contributed by atoms with Crippen molar-refractivity contribution in [3.63, 3.8) is 0 Å². The lowest BCUT2D eigenvalue weighted by Gasteiger charge is -2.37. The van der Waals surface area contributed by atoms with Gasteiger partial charge in [-0.15, -0.1) is 0 Å². The van der Waals surface area contributed by atoms with Crippen LogP contribution < -0.4 is 4.74 Å². The van der Waals surface area contributed by atoms with Crippen molar-refractivity contribution in [2.24, 2.45) is 5.92 Å². The van der Waals surface area contributed by atoms with Crippen molar-refractivity contribution in [3.8, 4) is 17.7 Å². The highest BCUT2D eigenvalue weighted by molar-refractivity contribution is 5.97. The third kappa shape index (κ3) is 7.25. The smallest absolute Gasteiger partial charge is 0.259 e. The molecule has 3 rings (SSSR count). The zero-order chi connectivity index (χ0) is 25.5. The Morgan fingerprint density at radius 1 is 1.29 bits per heavy atom. The third-order valence-electron chi connectivity index (χ3n) is 6.01. The lowest BCUT2D eigenvalue weighted by Crippen LogP contribution is -2.49. The highest BCUT2D eigenvalue weighted by atomic mass is 19.1. The summed E-state index contributed by atoms with van der Waals surface area (Å²) in [5.41, 5.74) is 1.98. The van der Waals surface area contributed by atoms with Crippen LogP contribution in [0, 0.1) is 23.6 Å². The molecular weight excluding hydrogens is 447 g/mol. The fourth-order valence-electron chi connectivity index (χ4n) is 3.96. The van der Waals surface area contributed by atoms with Crippen LogP contribution in [0.4, 0.5) is 4.39 Å². The predicted octanol–water partition coefficient (Wildman–Crippen LogP) is 2.49. The number of nitrogens with zero attached hydrogens (tertiary/aromatic N) is 4. The molecule has 1 N–H and O–H groups in total. The molecule has 0 spiro atoms. The van der Waals surface area contributed by atoms with Crippen molar-refractivity contribution in [2.75, 3.05) is 47.4 Å². The van der Waals surface area contributed by atoms with E-state index in [1.807, 2.05) is 39.9 Å². The largest absolute Gasteiger partial charge is 0.472 e. The van der Waals surface area contributed by atoms with Crippen LogP contribution in [0.25, 0.3) is 0 Å². The number of aliphatic hydroxyl groups is 1. The molecule has 0 aliphatic carbocycles. The molecule has 0 radical (unpaired) electrons. The highest BCUT2D eigenvalue weighted by Crippen LogP contribution is 2.27. The number of aromatic nitrogens is 1. The number of carbonyl (C=O) groups excluding carboxylic acids is 1. The van der Waals surface area contributed by atoms with Crippen LogP contribution in [-0.4, -0.2) is 90.2 Å². The van der Waals surface area contributed by atoms with Gasteiger partial charge in [0.25, 0.3) is 5.91 Å². The quantitative estimate of drug-likeness (QED) is 0.612. The van der Waals surface area contributed by atoms with E-state index in [2.05, 4.69) is 21.7 Å². The first-order valence-corrected chi connectivity index (χ1v) is 11.8. The van der Waals surface area contributed by atoms with Gasteiger partial charge in [0, 0.05) is 37.3 Å². The molecule has 2 heterocycles. The van der Waals surface area contributed by atoms with E-state index in [4.69, 9.17) is 4.74 Å². The van der Waals surface area contributed by atoms with Crippen molar-refractivity contribution in [1.82, 2.24) is 19.7 Å². The number of hydrogen-bond donors (Lipinski definition) is 1. The van der Waals surface area contributed by atoms with Crippen molar-refractivity contribution in [3.05, 3.63) is 59.0 Å². The van der Waals surface area contributed by atoms with Gasteiger partial charge in [-0.3, -0.25) is 14.6 Å². The SMILES string of the molecule is C[C@@H]1CN([C@@H](C)CO)C(=O)c2cc(C#CCN(C)C)cnc2O[C@H]1CN(C)Cc1ccc(F)cc1. The summed E-state index contributed by atoms with van der Waals surface area (Å²) in [6, 6.07) is 7.83. The molecule has 8 heteroatoms. The third-order valence-corrected chi connectivity index (χ3v) is 6.01. The van der Waals surface area contributed by atoms with Gasteiger partial charge < -0.3 is 14.7 Å². The first-order chi connectivity index (χ1) is 16.7. The summed E-state index contributed by atoms with van der Waals surface area (Å²) < 4.78 is 19.6. The molecule has 35 heavy (non-hydrogen) atoms. The molecule has 2 aromatic rings. The number of halogens is 1. The van der Waals surface area contributed by atoms with Gasteiger partial charge in [0.2, 0.25) is 5.88 Å². The molecule has 0 fully saturated rings. The zero-order valence-electron chi connectivity index (χ0n) is 21.2. The molecule has 1 aliphatic rings. The van der Waals surface area contributed by atoms with Gasteiger partial charge in [0.05, 0.1) is 19.2 Å². The number of rotatable bonds is 7. The molecule has 3 atom stereocenters. The van der Waals surface area contributed by atoms with E-state index >= 15 is 0 Å². The van der Waals surface area contributed by atoms with E-state index in [1.165, 1.54) is 12.1 Å². The van der Waals surface area contributed by atoms with Gasteiger partial charge in [0.1, 0.15) is 17.5 Å². The monoisotopic (exact) mass is 482 g/mol. The summed E-state index contributed by atoms with van der Waals surface area (Å²) in [7, 11) is 5.86. The molecule has 1 aromatic heterocycles. The normalized spacial score (nSPS) is 18.9. The van der Waals surface area contributed by atoms with E-state index in [9.17, 15) is 14.3 Å². The van der Waals surface area contributed by atoms with Crippen LogP contribution in [-0.2, 0) is 6.54 Å². The standard InChI is InChI=1S/C27H35FN4O3/c1-19-15-32(20(2)18-33)27(34)24-13-22(7-6-12-30(3)4)14-29-26(24)35-25(19)17-31(5)16-21-8-10-23(28)11-9-21/h8-11,13-14,19-20,25,33H,12,15-18H2,1-5H3/t19-,20+,25+/m1/s1. The zero-order valence-corrected chi connectivity index (χ0v) is 21.2. The Kier molecular flexibility index (Phi) is 9.21. The Hall–Kier alpha value is -2.99. The van der Waals surface area contributed by atoms with Crippen molar-refractivity contribution in [2.45, 2.75) is 32.5 Å².